The van der Waals surface area contributed by atoms with E-state index in [1.807, 2.05) is 0 Å². The number of aryl methyl sites for hydroxylation is 1. The van der Waals surface area contributed by atoms with Gasteiger partial charge in [-0.3, -0.25) is 9.69 Å². The third kappa shape index (κ3) is 2.80. The van der Waals surface area contributed by atoms with E-state index in [0.717, 1.165) is 24.4 Å². The summed E-state index contributed by atoms with van der Waals surface area (Å²) in [5, 5.41) is 4.32. The summed E-state index contributed by atoms with van der Waals surface area (Å²) in [4.78, 5) is 18.9. The maximum absolute atomic E-state index is 11.6. The minimum Gasteiger partial charge on any atom is -0.334 e. The predicted octanol–water partition coefficient (Wildman–Crippen LogP) is 3.13. The molecule has 0 N–H and O–H groups in total. The Kier molecular flexibility index (Phi) is 3.93. The van der Waals surface area contributed by atoms with Gasteiger partial charge in [0.25, 0.3) is 5.89 Å². The standard InChI is InChI=1S/C21H22N4O2/c1-24-13-15(9-10-19(24)26)21-22-20(23-27-21)16-12-18(14-6-3-2-4-7-14)25-11-5-8-17(16)25/h2-4,6-7,9-10,13,16-18H,5,8,11-12H2,1H3/t16-,17+,18-/m1/s1. The van der Waals surface area contributed by atoms with Crippen LogP contribution in [0.3, 0.4) is 0 Å². The molecule has 27 heavy (non-hydrogen) atoms. The Bertz CT molecular complexity index is 1010. The van der Waals surface area contributed by atoms with Crippen LogP contribution >= 0.6 is 0 Å². The van der Waals surface area contributed by atoms with Crippen LogP contribution < -0.4 is 5.56 Å². The minimum absolute atomic E-state index is 0.0541. The van der Waals surface area contributed by atoms with Crippen molar-refractivity contribution in [1.29, 1.82) is 0 Å². The van der Waals surface area contributed by atoms with E-state index < -0.39 is 0 Å². The fourth-order valence-electron chi connectivity index (χ4n) is 4.67. The zero-order valence-corrected chi connectivity index (χ0v) is 15.3. The molecule has 138 valence electrons. The van der Waals surface area contributed by atoms with Crippen LogP contribution in [0.1, 0.15) is 42.6 Å². The van der Waals surface area contributed by atoms with Gasteiger partial charge < -0.3 is 9.09 Å². The minimum atomic E-state index is -0.0541. The Morgan fingerprint density at radius 2 is 2.00 bits per heavy atom. The second-order valence-electron chi connectivity index (χ2n) is 7.54. The summed E-state index contributed by atoms with van der Waals surface area (Å²) in [6.07, 6.45) is 5.15. The lowest BCUT2D eigenvalue weighted by Gasteiger charge is -2.24. The van der Waals surface area contributed by atoms with E-state index in [9.17, 15) is 4.79 Å². The van der Waals surface area contributed by atoms with Crippen LogP contribution in [0, 0.1) is 0 Å². The van der Waals surface area contributed by atoms with Gasteiger partial charge in [0, 0.05) is 37.3 Å². The molecule has 0 radical (unpaired) electrons. The highest BCUT2D eigenvalue weighted by molar-refractivity contribution is 5.50. The summed E-state index contributed by atoms with van der Waals surface area (Å²) >= 11 is 0. The number of nitrogens with zero attached hydrogens (tertiary/aromatic N) is 4. The average molecular weight is 362 g/mol. The largest absolute Gasteiger partial charge is 0.334 e. The lowest BCUT2D eigenvalue weighted by Crippen LogP contribution is -2.27. The first-order valence-corrected chi connectivity index (χ1v) is 9.52. The van der Waals surface area contributed by atoms with Gasteiger partial charge in [-0.25, -0.2) is 0 Å². The fourth-order valence-corrected chi connectivity index (χ4v) is 4.67. The van der Waals surface area contributed by atoms with E-state index in [2.05, 4.69) is 40.4 Å². The van der Waals surface area contributed by atoms with E-state index in [0.29, 0.717) is 18.0 Å². The molecule has 3 atom stereocenters. The second-order valence-corrected chi connectivity index (χ2v) is 7.54. The third-order valence-electron chi connectivity index (χ3n) is 5.97. The monoisotopic (exact) mass is 362 g/mol. The molecule has 3 aromatic rings. The van der Waals surface area contributed by atoms with Crippen molar-refractivity contribution in [1.82, 2.24) is 19.6 Å². The zero-order valence-electron chi connectivity index (χ0n) is 15.3. The molecule has 0 aliphatic carbocycles. The van der Waals surface area contributed by atoms with Crippen molar-refractivity contribution in [2.45, 2.75) is 37.3 Å². The van der Waals surface area contributed by atoms with Crippen LogP contribution in [0.15, 0.2) is 58.0 Å². The predicted molar refractivity (Wildman–Crippen MR) is 101 cm³/mol. The summed E-state index contributed by atoms with van der Waals surface area (Å²) in [5.74, 6) is 1.55. The lowest BCUT2D eigenvalue weighted by atomic mass is 9.94. The summed E-state index contributed by atoms with van der Waals surface area (Å²) < 4.78 is 7.08. The number of hydrogen-bond acceptors (Lipinski definition) is 5. The van der Waals surface area contributed by atoms with Gasteiger partial charge in [0.05, 0.1) is 5.56 Å². The van der Waals surface area contributed by atoms with Gasteiger partial charge in [-0.1, -0.05) is 35.5 Å². The van der Waals surface area contributed by atoms with Crippen molar-refractivity contribution in [3.05, 3.63) is 70.4 Å². The van der Waals surface area contributed by atoms with Crippen molar-refractivity contribution in [3.63, 3.8) is 0 Å². The molecular formula is C21H22N4O2. The first-order valence-electron chi connectivity index (χ1n) is 9.52. The highest BCUT2D eigenvalue weighted by Crippen LogP contribution is 2.48. The molecule has 4 heterocycles. The SMILES string of the molecule is Cn1cc(-c2nc([C@@H]3C[C@H](c4ccccc4)N4CCC[C@@H]34)no2)ccc1=O. The Labute approximate surface area is 157 Å². The Balaban J connectivity index is 1.45. The van der Waals surface area contributed by atoms with Crippen LogP contribution in [0.2, 0.25) is 0 Å². The molecule has 2 fully saturated rings. The number of hydrogen-bond donors (Lipinski definition) is 0. The maximum Gasteiger partial charge on any atom is 0.259 e. The van der Waals surface area contributed by atoms with Gasteiger partial charge in [-0.05, 0) is 37.4 Å². The second kappa shape index (κ2) is 6.46. The van der Waals surface area contributed by atoms with Gasteiger partial charge in [-0.15, -0.1) is 0 Å². The van der Waals surface area contributed by atoms with Gasteiger partial charge in [-0.2, -0.15) is 4.98 Å². The molecule has 0 bridgehead atoms. The number of aromatic nitrogens is 3. The lowest BCUT2D eigenvalue weighted by molar-refractivity contribution is 0.243. The molecule has 2 aliphatic heterocycles. The molecule has 0 unspecified atom stereocenters. The number of pyridine rings is 1. The van der Waals surface area contributed by atoms with Gasteiger partial charge in [0.15, 0.2) is 5.82 Å². The van der Waals surface area contributed by atoms with E-state index in [1.54, 1.807) is 19.3 Å². The fraction of sp³-hybridized carbons (Fsp3) is 0.381. The number of fused-ring (bicyclic) bond motifs is 1. The summed E-state index contributed by atoms with van der Waals surface area (Å²) in [6.45, 7) is 1.13. The van der Waals surface area contributed by atoms with Gasteiger partial charge >= 0.3 is 0 Å². The Morgan fingerprint density at radius 3 is 2.81 bits per heavy atom. The van der Waals surface area contributed by atoms with Crippen LogP contribution in [-0.2, 0) is 7.05 Å². The van der Waals surface area contributed by atoms with Gasteiger partial charge in [0.1, 0.15) is 0 Å². The van der Waals surface area contributed by atoms with Crippen molar-refractivity contribution < 1.29 is 4.52 Å². The maximum atomic E-state index is 11.6. The summed E-state index contributed by atoms with van der Waals surface area (Å²) in [7, 11) is 1.72. The molecule has 6 nitrogen and oxygen atoms in total. The molecule has 1 aromatic carbocycles. The smallest absolute Gasteiger partial charge is 0.259 e. The van der Waals surface area contributed by atoms with E-state index in [-0.39, 0.29) is 11.5 Å². The van der Waals surface area contributed by atoms with Crippen molar-refractivity contribution in [2.75, 3.05) is 6.54 Å². The van der Waals surface area contributed by atoms with Crippen LogP contribution in [0.4, 0.5) is 0 Å². The molecule has 0 spiro atoms. The Morgan fingerprint density at radius 1 is 1.15 bits per heavy atom. The average Bonchev–Trinajstić information content (AvgIpc) is 3.40. The topological polar surface area (TPSA) is 64.2 Å². The van der Waals surface area contributed by atoms with Crippen LogP contribution in [0.5, 0.6) is 0 Å². The van der Waals surface area contributed by atoms with Crippen LogP contribution in [0.25, 0.3) is 11.5 Å². The summed E-state index contributed by atoms with van der Waals surface area (Å²) in [5.41, 5.74) is 2.09. The first kappa shape index (κ1) is 16.4. The molecule has 5 rings (SSSR count). The normalized spacial score (nSPS) is 25.0. The molecule has 6 heteroatoms. The summed E-state index contributed by atoms with van der Waals surface area (Å²) in [6, 6.07) is 14.9. The van der Waals surface area contributed by atoms with Crippen molar-refractivity contribution in [2.24, 2.45) is 7.05 Å². The molecule has 2 aromatic heterocycles. The van der Waals surface area contributed by atoms with Crippen molar-refractivity contribution >= 4 is 0 Å². The molecule has 0 saturated carbocycles. The quantitative estimate of drug-likeness (QED) is 0.716. The Hall–Kier alpha value is -2.73. The van der Waals surface area contributed by atoms with E-state index in [4.69, 9.17) is 9.51 Å². The molecule has 2 aliphatic rings. The van der Waals surface area contributed by atoms with Crippen molar-refractivity contribution in [3.8, 4) is 11.5 Å². The van der Waals surface area contributed by atoms with E-state index in [1.165, 1.54) is 29.0 Å². The van der Waals surface area contributed by atoms with E-state index >= 15 is 0 Å². The highest BCUT2D eigenvalue weighted by Gasteiger charge is 2.46. The van der Waals surface area contributed by atoms with Gasteiger partial charge in [0.2, 0.25) is 5.56 Å². The van der Waals surface area contributed by atoms with Crippen LogP contribution in [-0.4, -0.2) is 32.2 Å². The highest BCUT2D eigenvalue weighted by atomic mass is 16.5. The number of rotatable bonds is 3. The third-order valence-corrected chi connectivity index (χ3v) is 5.97. The molecule has 0 amide bonds. The molecular weight excluding hydrogens is 340 g/mol. The first-order chi connectivity index (χ1) is 13.2. The number of benzene rings is 1. The molecule has 2 saturated heterocycles. The zero-order chi connectivity index (χ0) is 18.4.